The Kier molecular flexibility index (Phi) is 6.20. The Morgan fingerprint density at radius 1 is 1.10 bits per heavy atom. The van der Waals surface area contributed by atoms with Crippen molar-refractivity contribution in [3.8, 4) is 0 Å². The van der Waals surface area contributed by atoms with Gasteiger partial charge in [0.05, 0.1) is 12.2 Å². The van der Waals surface area contributed by atoms with Crippen LogP contribution in [-0.2, 0) is 9.59 Å². The third-order valence-electron chi connectivity index (χ3n) is 3.09. The summed E-state index contributed by atoms with van der Waals surface area (Å²) in [7, 11) is 0. The predicted octanol–water partition coefficient (Wildman–Crippen LogP) is 2.59. The number of halogens is 3. The summed E-state index contributed by atoms with van der Waals surface area (Å²) in [5.74, 6) is -5.67. The van der Waals surface area contributed by atoms with Gasteiger partial charge in [-0.1, -0.05) is 13.8 Å². The second-order valence-electron chi connectivity index (χ2n) is 4.50. The summed E-state index contributed by atoms with van der Waals surface area (Å²) in [6.07, 6.45) is 1.28. The summed E-state index contributed by atoms with van der Waals surface area (Å²) in [5.41, 5.74) is -0.476. The minimum absolute atomic E-state index is 0.196. The molecule has 0 aromatic heterocycles. The molecule has 0 fully saturated rings. The molecule has 1 rings (SSSR count). The second kappa shape index (κ2) is 7.66. The molecule has 0 bridgehead atoms. The van der Waals surface area contributed by atoms with Gasteiger partial charge in [0.25, 0.3) is 0 Å². The van der Waals surface area contributed by atoms with Crippen molar-refractivity contribution in [2.24, 2.45) is 5.92 Å². The van der Waals surface area contributed by atoms with Crippen molar-refractivity contribution in [2.75, 3.05) is 11.9 Å². The van der Waals surface area contributed by atoms with Gasteiger partial charge >= 0.3 is 0 Å². The fraction of sp³-hybridized carbons (Fsp3) is 0.429. The van der Waals surface area contributed by atoms with Crippen molar-refractivity contribution in [2.45, 2.75) is 26.7 Å². The summed E-state index contributed by atoms with van der Waals surface area (Å²) in [6.45, 7) is 3.34. The molecule has 0 heterocycles. The van der Waals surface area contributed by atoms with Gasteiger partial charge < -0.3 is 10.6 Å². The average molecular weight is 302 g/mol. The van der Waals surface area contributed by atoms with E-state index in [-0.39, 0.29) is 18.4 Å². The van der Waals surface area contributed by atoms with Crippen molar-refractivity contribution in [3.63, 3.8) is 0 Å². The monoisotopic (exact) mass is 302 g/mol. The molecule has 0 radical (unpaired) electrons. The summed E-state index contributed by atoms with van der Waals surface area (Å²) < 4.78 is 39.1. The molecule has 21 heavy (non-hydrogen) atoms. The first kappa shape index (κ1) is 17.0. The van der Waals surface area contributed by atoms with Gasteiger partial charge in [0.1, 0.15) is 0 Å². The van der Waals surface area contributed by atoms with Crippen LogP contribution in [-0.4, -0.2) is 18.4 Å². The molecule has 2 N–H and O–H groups in total. The lowest BCUT2D eigenvalue weighted by Crippen LogP contribution is -2.36. The third-order valence-corrected chi connectivity index (χ3v) is 3.09. The molecule has 2 amide bonds. The van der Waals surface area contributed by atoms with Crippen LogP contribution >= 0.6 is 0 Å². The smallest absolute Gasteiger partial charge is 0.243 e. The molecule has 0 unspecified atom stereocenters. The van der Waals surface area contributed by atoms with Gasteiger partial charge in [0, 0.05) is 5.92 Å². The van der Waals surface area contributed by atoms with E-state index in [1.807, 2.05) is 13.8 Å². The van der Waals surface area contributed by atoms with E-state index in [1.54, 1.807) is 0 Å². The van der Waals surface area contributed by atoms with Crippen LogP contribution in [0.15, 0.2) is 12.1 Å². The first-order valence-corrected chi connectivity index (χ1v) is 6.61. The molecule has 7 heteroatoms. The van der Waals surface area contributed by atoms with E-state index in [2.05, 4.69) is 10.6 Å². The number of anilines is 1. The normalized spacial score (nSPS) is 10.6. The zero-order valence-electron chi connectivity index (χ0n) is 11.8. The lowest BCUT2D eigenvalue weighted by atomic mass is 10.0. The maximum absolute atomic E-state index is 13.3. The van der Waals surface area contributed by atoms with Crippen LogP contribution in [0.5, 0.6) is 0 Å². The Balaban J connectivity index is 2.59. The number of nitrogens with one attached hydrogen (secondary N) is 2. The zero-order chi connectivity index (χ0) is 16.0. The number of rotatable bonds is 6. The number of carbonyl (C=O) groups excluding carboxylic acids is 2. The van der Waals surface area contributed by atoms with E-state index in [0.717, 1.165) is 6.07 Å². The Morgan fingerprint density at radius 2 is 1.71 bits per heavy atom. The van der Waals surface area contributed by atoms with E-state index >= 15 is 0 Å². The number of amides is 2. The average Bonchev–Trinajstić information content (AvgIpc) is 2.47. The molecule has 116 valence electrons. The van der Waals surface area contributed by atoms with Crippen LogP contribution in [0.1, 0.15) is 26.7 Å². The first-order chi connectivity index (χ1) is 9.90. The van der Waals surface area contributed by atoms with E-state index in [4.69, 9.17) is 0 Å². The Labute approximate surface area is 120 Å². The van der Waals surface area contributed by atoms with E-state index in [0.29, 0.717) is 18.9 Å². The fourth-order valence-corrected chi connectivity index (χ4v) is 1.79. The number of carbonyl (C=O) groups is 2. The topological polar surface area (TPSA) is 58.2 Å². The molecule has 4 nitrogen and oxygen atoms in total. The van der Waals surface area contributed by atoms with Gasteiger partial charge in [-0.25, -0.2) is 13.2 Å². The van der Waals surface area contributed by atoms with Crippen LogP contribution < -0.4 is 10.6 Å². The fourth-order valence-electron chi connectivity index (χ4n) is 1.79. The number of benzene rings is 1. The van der Waals surface area contributed by atoms with Crippen LogP contribution in [0, 0.1) is 23.4 Å². The summed E-state index contributed by atoms with van der Waals surface area (Å²) >= 11 is 0. The Morgan fingerprint density at radius 3 is 2.29 bits per heavy atom. The van der Waals surface area contributed by atoms with Gasteiger partial charge in [-0.15, -0.1) is 0 Å². The minimum Gasteiger partial charge on any atom is -0.347 e. The van der Waals surface area contributed by atoms with Crippen molar-refractivity contribution >= 4 is 17.5 Å². The lowest BCUT2D eigenvalue weighted by Gasteiger charge is -2.13. The molecular formula is C14H17F3N2O2. The highest BCUT2D eigenvalue weighted by Crippen LogP contribution is 2.19. The minimum atomic E-state index is -1.66. The van der Waals surface area contributed by atoms with Crippen molar-refractivity contribution in [1.29, 1.82) is 0 Å². The van der Waals surface area contributed by atoms with Gasteiger partial charge in [-0.3, -0.25) is 9.59 Å². The maximum atomic E-state index is 13.3. The van der Waals surface area contributed by atoms with Gasteiger partial charge in [0.2, 0.25) is 11.8 Å². The Hall–Kier alpha value is -2.05. The summed E-state index contributed by atoms with van der Waals surface area (Å²) in [6, 6.07) is 1.62. The Bertz CT molecular complexity index is 531. The van der Waals surface area contributed by atoms with Crippen LogP contribution in [0.3, 0.4) is 0 Å². The number of hydrogen-bond acceptors (Lipinski definition) is 2. The van der Waals surface area contributed by atoms with Crippen LogP contribution in [0.4, 0.5) is 18.9 Å². The molecule has 0 aliphatic rings. The highest BCUT2D eigenvalue weighted by Gasteiger charge is 2.17. The summed E-state index contributed by atoms with van der Waals surface area (Å²) in [5, 5.41) is 4.48. The standard InChI is InChI=1S/C14H17F3N2O2/c1-3-8(4-2)14(21)18-7-11(20)19-10-6-5-9(15)12(16)13(10)17/h5-6,8H,3-4,7H2,1-2H3,(H,18,21)(H,19,20). The summed E-state index contributed by atoms with van der Waals surface area (Å²) in [4.78, 5) is 23.2. The molecule has 0 saturated heterocycles. The SMILES string of the molecule is CCC(CC)C(=O)NCC(=O)Nc1ccc(F)c(F)c1F. The van der Waals surface area contributed by atoms with Crippen molar-refractivity contribution in [3.05, 3.63) is 29.6 Å². The molecule has 1 aromatic rings. The molecule has 0 atom stereocenters. The lowest BCUT2D eigenvalue weighted by molar-refractivity contribution is -0.127. The highest BCUT2D eigenvalue weighted by molar-refractivity contribution is 5.94. The van der Waals surface area contributed by atoms with E-state index in [9.17, 15) is 22.8 Å². The van der Waals surface area contributed by atoms with Gasteiger partial charge in [-0.2, -0.15) is 0 Å². The molecule has 0 spiro atoms. The number of hydrogen-bond donors (Lipinski definition) is 2. The molecule has 0 saturated carbocycles. The molecule has 1 aromatic carbocycles. The first-order valence-electron chi connectivity index (χ1n) is 6.61. The predicted molar refractivity (Wildman–Crippen MR) is 72.0 cm³/mol. The molecular weight excluding hydrogens is 285 g/mol. The van der Waals surface area contributed by atoms with Gasteiger partial charge in [-0.05, 0) is 25.0 Å². The van der Waals surface area contributed by atoms with Crippen LogP contribution in [0.25, 0.3) is 0 Å². The van der Waals surface area contributed by atoms with E-state index < -0.39 is 29.0 Å². The van der Waals surface area contributed by atoms with E-state index in [1.165, 1.54) is 0 Å². The van der Waals surface area contributed by atoms with Gasteiger partial charge in [0.15, 0.2) is 17.5 Å². The maximum Gasteiger partial charge on any atom is 0.243 e. The van der Waals surface area contributed by atoms with Crippen molar-refractivity contribution in [1.82, 2.24) is 5.32 Å². The quantitative estimate of drug-likeness (QED) is 0.794. The molecule has 0 aliphatic carbocycles. The largest absolute Gasteiger partial charge is 0.347 e. The third kappa shape index (κ3) is 4.47. The molecule has 0 aliphatic heterocycles. The second-order valence-corrected chi connectivity index (χ2v) is 4.50. The van der Waals surface area contributed by atoms with Crippen LogP contribution in [0.2, 0.25) is 0 Å². The highest BCUT2D eigenvalue weighted by atomic mass is 19.2. The van der Waals surface area contributed by atoms with Crippen molar-refractivity contribution < 1.29 is 22.8 Å². The zero-order valence-corrected chi connectivity index (χ0v) is 11.8.